The van der Waals surface area contributed by atoms with Gasteiger partial charge in [-0.15, -0.1) is 0 Å². The number of carbonyl (C=O) groups excluding carboxylic acids is 1. The third-order valence-electron chi connectivity index (χ3n) is 1.29. The van der Waals surface area contributed by atoms with E-state index in [2.05, 4.69) is 4.98 Å². The highest BCUT2D eigenvalue weighted by atomic mass is 16.1. The number of rotatable bonds is 1. The average molecular weight is 137 g/mol. The van der Waals surface area contributed by atoms with Crippen molar-refractivity contribution in [2.45, 2.75) is 6.92 Å². The van der Waals surface area contributed by atoms with Gasteiger partial charge in [0.25, 0.3) is 0 Å². The smallest absolute Gasteiger partial charge is 0.248 e. The molecule has 0 unspecified atom stereocenters. The summed E-state index contributed by atoms with van der Waals surface area (Å²) in [7, 11) is 0. The number of hydrogen-bond donors (Lipinski definition) is 1. The number of aldehydes is 1. The van der Waals surface area contributed by atoms with Gasteiger partial charge in [-0.3, -0.25) is 9.59 Å². The maximum atomic E-state index is 10.6. The topological polar surface area (TPSA) is 49.9 Å². The predicted molar refractivity (Wildman–Crippen MR) is 37.2 cm³/mol. The molecular formula is C7H7NO2. The van der Waals surface area contributed by atoms with Crippen molar-refractivity contribution < 1.29 is 4.79 Å². The van der Waals surface area contributed by atoms with Gasteiger partial charge in [-0.05, 0) is 12.5 Å². The summed E-state index contributed by atoms with van der Waals surface area (Å²) in [6.45, 7) is 1.76. The van der Waals surface area contributed by atoms with E-state index in [4.69, 9.17) is 0 Å². The van der Waals surface area contributed by atoms with Crippen molar-refractivity contribution in [2.24, 2.45) is 0 Å². The molecule has 0 amide bonds. The van der Waals surface area contributed by atoms with E-state index in [0.29, 0.717) is 12.0 Å². The maximum Gasteiger partial charge on any atom is 0.248 e. The maximum absolute atomic E-state index is 10.6. The number of nitrogens with one attached hydrogen (secondary N) is 1. The van der Waals surface area contributed by atoms with Crippen molar-refractivity contribution in [1.82, 2.24) is 4.98 Å². The quantitative estimate of drug-likeness (QED) is 0.573. The summed E-state index contributed by atoms with van der Waals surface area (Å²) < 4.78 is 0. The Kier molecular flexibility index (Phi) is 1.67. The van der Waals surface area contributed by atoms with Gasteiger partial charge in [0.2, 0.25) is 5.56 Å². The first-order valence-corrected chi connectivity index (χ1v) is 2.89. The Bertz CT molecular complexity index is 301. The van der Waals surface area contributed by atoms with E-state index >= 15 is 0 Å². The summed E-state index contributed by atoms with van der Waals surface area (Å²) in [4.78, 5) is 23.2. The van der Waals surface area contributed by atoms with E-state index in [1.807, 2.05) is 0 Å². The zero-order valence-corrected chi connectivity index (χ0v) is 5.55. The van der Waals surface area contributed by atoms with Crippen molar-refractivity contribution in [3.8, 4) is 0 Å². The Hall–Kier alpha value is -1.38. The minimum atomic E-state index is -0.243. The number of hydrogen-bond acceptors (Lipinski definition) is 2. The first-order chi connectivity index (χ1) is 4.74. The van der Waals surface area contributed by atoms with Crippen LogP contribution in [0.25, 0.3) is 0 Å². The highest BCUT2D eigenvalue weighted by Crippen LogP contribution is 1.95. The van der Waals surface area contributed by atoms with E-state index in [0.717, 1.165) is 5.56 Å². The number of aryl methyl sites for hydroxylation is 1. The molecule has 0 aliphatic heterocycles. The molecule has 1 N–H and O–H groups in total. The second-order valence-electron chi connectivity index (χ2n) is 2.04. The molecule has 0 aliphatic rings. The van der Waals surface area contributed by atoms with Gasteiger partial charge in [0.05, 0.1) is 5.69 Å². The molecule has 0 aromatic carbocycles. The van der Waals surface area contributed by atoms with Gasteiger partial charge in [0.1, 0.15) is 0 Å². The molecule has 3 nitrogen and oxygen atoms in total. The number of pyridine rings is 1. The Labute approximate surface area is 57.7 Å². The zero-order valence-electron chi connectivity index (χ0n) is 5.55. The Morgan fingerprint density at radius 3 is 2.70 bits per heavy atom. The highest BCUT2D eigenvalue weighted by Gasteiger charge is 1.94. The van der Waals surface area contributed by atoms with Crippen molar-refractivity contribution in [1.29, 1.82) is 0 Å². The number of H-pyrrole nitrogens is 1. The monoisotopic (exact) mass is 137 g/mol. The molecule has 0 spiro atoms. The largest absolute Gasteiger partial charge is 0.319 e. The second kappa shape index (κ2) is 2.47. The lowest BCUT2D eigenvalue weighted by molar-refractivity contribution is 0.111. The lowest BCUT2D eigenvalue weighted by Crippen LogP contribution is -2.07. The van der Waals surface area contributed by atoms with Crippen molar-refractivity contribution in [3.05, 3.63) is 33.7 Å². The van der Waals surface area contributed by atoms with Crippen molar-refractivity contribution in [3.63, 3.8) is 0 Å². The molecule has 0 aliphatic carbocycles. The van der Waals surface area contributed by atoms with Gasteiger partial charge in [-0.25, -0.2) is 0 Å². The average Bonchev–Trinajstić information content (AvgIpc) is 1.94. The van der Waals surface area contributed by atoms with Gasteiger partial charge in [0.15, 0.2) is 6.29 Å². The molecule has 1 aromatic rings. The van der Waals surface area contributed by atoms with Crippen LogP contribution >= 0.6 is 0 Å². The molecular weight excluding hydrogens is 130 g/mol. The van der Waals surface area contributed by atoms with E-state index in [9.17, 15) is 9.59 Å². The minimum absolute atomic E-state index is 0.243. The fourth-order valence-corrected chi connectivity index (χ4v) is 0.686. The molecule has 10 heavy (non-hydrogen) atoms. The minimum Gasteiger partial charge on any atom is -0.319 e. The van der Waals surface area contributed by atoms with Gasteiger partial charge in [-0.1, -0.05) is 6.07 Å². The van der Waals surface area contributed by atoms with E-state index < -0.39 is 0 Å². The molecule has 3 heteroatoms. The Morgan fingerprint density at radius 1 is 1.50 bits per heavy atom. The summed E-state index contributed by atoms with van der Waals surface area (Å²) >= 11 is 0. The van der Waals surface area contributed by atoms with Gasteiger partial charge in [-0.2, -0.15) is 0 Å². The molecule has 0 saturated carbocycles. The summed E-state index contributed by atoms with van der Waals surface area (Å²) in [6, 6.07) is 3.00. The highest BCUT2D eigenvalue weighted by molar-refractivity contribution is 5.73. The molecule has 0 atom stereocenters. The van der Waals surface area contributed by atoms with Crippen LogP contribution in [-0.4, -0.2) is 11.3 Å². The standard InChI is InChI=1S/C7H7NO2/c1-5-2-3-7(10)8-6(5)4-9/h2-4H,1H3,(H,8,10). The molecule has 1 rings (SSSR count). The van der Waals surface area contributed by atoms with Crippen molar-refractivity contribution >= 4 is 6.29 Å². The summed E-state index contributed by atoms with van der Waals surface area (Å²) in [5.41, 5.74) is 0.898. The van der Waals surface area contributed by atoms with Crippen LogP contribution in [0.5, 0.6) is 0 Å². The summed E-state index contributed by atoms with van der Waals surface area (Å²) in [5.74, 6) is 0. The van der Waals surface area contributed by atoms with Crippen LogP contribution in [-0.2, 0) is 0 Å². The fourth-order valence-electron chi connectivity index (χ4n) is 0.686. The normalized spacial score (nSPS) is 9.30. The lowest BCUT2D eigenvalue weighted by atomic mass is 10.2. The number of aromatic amines is 1. The summed E-state index contributed by atoms with van der Waals surface area (Å²) in [5, 5.41) is 0. The van der Waals surface area contributed by atoms with Crippen LogP contribution in [0.2, 0.25) is 0 Å². The van der Waals surface area contributed by atoms with E-state index in [1.54, 1.807) is 13.0 Å². The molecule has 0 fully saturated rings. The predicted octanol–water partition coefficient (Wildman–Crippen LogP) is 0.496. The first-order valence-electron chi connectivity index (χ1n) is 2.89. The van der Waals surface area contributed by atoms with Crippen LogP contribution in [0.3, 0.4) is 0 Å². The lowest BCUT2D eigenvalue weighted by Gasteiger charge is -1.93. The molecule has 52 valence electrons. The van der Waals surface area contributed by atoms with Crippen LogP contribution in [0.4, 0.5) is 0 Å². The van der Waals surface area contributed by atoms with Gasteiger partial charge in [0, 0.05) is 6.07 Å². The summed E-state index contributed by atoms with van der Waals surface area (Å²) in [6.07, 6.45) is 0.636. The zero-order chi connectivity index (χ0) is 7.56. The fraction of sp³-hybridized carbons (Fsp3) is 0.143. The van der Waals surface area contributed by atoms with E-state index in [-0.39, 0.29) is 5.56 Å². The van der Waals surface area contributed by atoms with Crippen LogP contribution in [0, 0.1) is 6.92 Å². The number of carbonyl (C=O) groups is 1. The molecule has 0 saturated heterocycles. The van der Waals surface area contributed by atoms with E-state index in [1.165, 1.54) is 6.07 Å². The van der Waals surface area contributed by atoms with Gasteiger partial charge < -0.3 is 4.98 Å². The molecule has 0 bridgehead atoms. The third-order valence-corrected chi connectivity index (χ3v) is 1.29. The molecule has 0 radical (unpaired) electrons. The first kappa shape index (κ1) is 6.74. The third kappa shape index (κ3) is 1.13. The van der Waals surface area contributed by atoms with Crippen LogP contribution < -0.4 is 5.56 Å². The molecule has 1 aromatic heterocycles. The Balaban J connectivity index is 3.35. The second-order valence-corrected chi connectivity index (χ2v) is 2.04. The van der Waals surface area contributed by atoms with Gasteiger partial charge >= 0.3 is 0 Å². The molecule has 1 heterocycles. The number of aromatic nitrogens is 1. The van der Waals surface area contributed by atoms with Crippen molar-refractivity contribution in [2.75, 3.05) is 0 Å². The van der Waals surface area contributed by atoms with Crippen LogP contribution in [0.1, 0.15) is 16.1 Å². The Morgan fingerprint density at radius 2 is 2.20 bits per heavy atom. The SMILES string of the molecule is Cc1ccc(=O)[nH]c1C=O. The van der Waals surface area contributed by atoms with Crippen LogP contribution in [0.15, 0.2) is 16.9 Å².